The third-order valence-electron chi connectivity index (χ3n) is 2.34. The van der Waals surface area contributed by atoms with Crippen molar-refractivity contribution in [1.82, 2.24) is 9.44 Å². The fourth-order valence-corrected chi connectivity index (χ4v) is 1.99. The van der Waals surface area contributed by atoms with Crippen LogP contribution in [0.3, 0.4) is 0 Å². The summed E-state index contributed by atoms with van der Waals surface area (Å²) in [7, 11) is -2.09. The molecule has 1 atom stereocenters. The van der Waals surface area contributed by atoms with Crippen molar-refractivity contribution < 1.29 is 17.9 Å². The van der Waals surface area contributed by atoms with Gasteiger partial charge in [0.05, 0.1) is 6.54 Å². The Hall–Kier alpha value is -1.31. The molecule has 1 unspecified atom stereocenters. The molecule has 0 aromatic heterocycles. The van der Waals surface area contributed by atoms with E-state index >= 15 is 0 Å². The van der Waals surface area contributed by atoms with Gasteiger partial charge in [0.25, 0.3) is 10.2 Å². The third-order valence-corrected chi connectivity index (χ3v) is 3.42. The second kappa shape index (κ2) is 4.91. The Labute approximate surface area is 100 Å². The van der Waals surface area contributed by atoms with Crippen LogP contribution in [-0.2, 0) is 10.2 Å². The van der Waals surface area contributed by atoms with E-state index in [2.05, 4.69) is 9.44 Å². The molecule has 0 saturated heterocycles. The van der Waals surface area contributed by atoms with Crippen LogP contribution in [0.5, 0.6) is 11.5 Å². The number of ether oxygens (including phenoxy) is 2. The highest BCUT2D eigenvalue weighted by molar-refractivity contribution is 7.87. The number of rotatable bonds is 4. The van der Waals surface area contributed by atoms with Gasteiger partial charge in [0.1, 0.15) is 12.7 Å². The van der Waals surface area contributed by atoms with Crippen LogP contribution in [0.15, 0.2) is 24.3 Å². The average molecular weight is 258 g/mol. The third kappa shape index (κ3) is 3.09. The number of hydrogen-bond donors (Lipinski definition) is 2. The number of nitrogens with one attached hydrogen (secondary N) is 2. The molecule has 0 spiro atoms. The Morgan fingerprint density at radius 2 is 2.06 bits per heavy atom. The van der Waals surface area contributed by atoms with Gasteiger partial charge in [-0.25, -0.2) is 4.72 Å². The molecule has 0 aliphatic carbocycles. The van der Waals surface area contributed by atoms with Crippen LogP contribution in [0.1, 0.15) is 0 Å². The van der Waals surface area contributed by atoms with E-state index in [9.17, 15) is 8.42 Å². The van der Waals surface area contributed by atoms with Crippen LogP contribution in [-0.4, -0.2) is 34.7 Å². The minimum absolute atomic E-state index is 0.164. The molecule has 0 amide bonds. The normalized spacial score (nSPS) is 19.0. The van der Waals surface area contributed by atoms with Gasteiger partial charge in [-0.1, -0.05) is 12.1 Å². The van der Waals surface area contributed by atoms with Crippen LogP contribution in [0.2, 0.25) is 0 Å². The van der Waals surface area contributed by atoms with Gasteiger partial charge in [-0.05, 0) is 12.1 Å². The van der Waals surface area contributed by atoms with E-state index in [1.54, 1.807) is 6.07 Å². The monoisotopic (exact) mass is 258 g/mol. The van der Waals surface area contributed by atoms with Gasteiger partial charge in [0, 0.05) is 7.05 Å². The first kappa shape index (κ1) is 12.2. The summed E-state index contributed by atoms with van der Waals surface area (Å²) < 4.78 is 37.9. The predicted octanol–water partition coefficient (Wildman–Crippen LogP) is -0.120. The van der Waals surface area contributed by atoms with Gasteiger partial charge >= 0.3 is 0 Å². The van der Waals surface area contributed by atoms with E-state index in [0.29, 0.717) is 18.1 Å². The molecular weight excluding hydrogens is 244 g/mol. The van der Waals surface area contributed by atoms with Crippen molar-refractivity contribution in [2.45, 2.75) is 6.10 Å². The summed E-state index contributed by atoms with van der Waals surface area (Å²) in [5.74, 6) is 1.31. The van der Waals surface area contributed by atoms with E-state index in [1.807, 2.05) is 18.2 Å². The minimum Gasteiger partial charge on any atom is -0.486 e. The molecule has 0 saturated carbocycles. The molecule has 0 bridgehead atoms. The van der Waals surface area contributed by atoms with Gasteiger partial charge in [-0.3, -0.25) is 0 Å². The molecule has 1 heterocycles. The fraction of sp³-hybridized carbons (Fsp3) is 0.400. The highest BCUT2D eigenvalue weighted by atomic mass is 32.2. The zero-order valence-corrected chi connectivity index (χ0v) is 10.2. The smallest absolute Gasteiger partial charge is 0.276 e. The summed E-state index contributed by atoms with van der Waals surface area (Å²) in [6.07, 6.45) is -0.326. The van der Waals surface area contributed by atoms with E-state index in [1.165, 1.54) is 7.05 Å². The summed E-state index contributed by atoms with van der Waals surface area (Å²) in [6.45, 7) is 0.487. The number of para-hydroxylation sites is 2. The molecule has 1 aromatic carbocycles. The summed E-state index contributed by atoms with van der Waals surface area (Å²) in [5, 5.41) is 0. The van der Waals surface area contributed by atoms with Crippen molar-refractivity contribution in [2.24, 2.45) is 0 Å². The average Bonchev–Trinajstić information content (AvgIpc) is 2.36. The Morgan fingerprint density at radius 3 is 2.76 bits per heavy atom. The first-order valence-corrected chi connectivity index (χ1v) is 6.65. The number of benzene rings is 1. The standard InChI is InChI=1S/C10H14N2O4S/c1-11-17(13,14)12-6-8-7-15-9-4-2-3-5-10(9)16-8/h2-5,8,11-12H,6-7H2,1H3. The maximum atomic E-state index is 11.2. The van der Waals surface area contributed by atoms with E-state index in [4.69, 9.17) is 9.47 Å². The van der Waals surface area contributed by atoms with Crippen LogP contribution in [0.25, 0.3) is 0 Å². The molecule has 2 N–H and O–H groups in total. The van der Waals surface area contributed by atoms with Gasteiger partial charge in [-0.15, -0.1) is 0 Å². The fourth-order valence-electron chi connectivity index (χ4n) is 1.44. The molecule has 94 valence electrons. The lowest BCUT2D eigenvalue weighted by molar-refractivity contribution is 0.0942. The zero-order chi connectivity index (χ0) is 12.3. The van der Waals surface area contributed by atoms with Crippen molar-refractivity contribution in [3.05, 3.63) is 24.3 Å². The quantitative estimate of drug-likeness (QED) is 0.789. The highest BCUT2D eigenvalue weighted by Gasteiger charge is 2.21. The number of hydrogen-bond acceptors (Lipinski definition) is 4. The van der Waals surface area contributed by atoms with Crippen molar-refractivity contribution in [3.63, 3.8) is 0 Å². The molecule has 2 rings (SSSR count). The first-order valence-electron chi connectivity index (χ1n) is 5.17. The van der Waals surface area contributed by atoms with Crippen LogP contribution < -0.4 is 18.9 Å². The predicted molar refractivity (Wildman–Crippen MR) is 62.3 cm³/mol. The summed E-state index contributed by atoms with van der Waals surface area (Å²) >= 11 is 0. The molecule has 1 aromatic rings. The Balaban J connectivity index is 1.95. The van der Waals surface area contributed by atoms with Gasteiger partial charge in [-0.2, -0.15) is 13.1 Å². The van der Waals surface area contributed by atoms with Crippen LogP contribution >= 0.6 is 0 Å². The van der Waals surface area contributed by atoms with E-state index < -0.39 is 10.2 Å². The molecule has 0 radical (unpaired) electrons. The summed E-state index contributed by atoms with van der Waals surface area (Å²) in [6, 6.07) is 7.28. The van der Waals surface area contributed by atoms with Crippen molar-refractivity contribution >= 4 is 10.2 Å². The molecule has 17 heavy (non-hydrogen) atoms. The lowest BCUT2D eigenvalue weighted by Gasteiger charge is -2.26. The van der Waals surface area contributed by atoms with Gasteiger partial charge in [0.15, 0.2) is 11.5 Å². The first-order chi connectivity index (χ1) is 8.11. The molecule has 1 aliphatic rings. The Bertz CT molecular complexity index is 489. The Morgan fingerprint density at radius 1 is 1.35 bits per heavy atom. The molecule has 0 fully saturated rings. The number of fused-ring (bicyclic) bond motifs is 1. The topological polar surface area (TPSA) is 76.7 Å². The lowest BCUT2D eigenvalue weighted by Crippen LogP contribution is -2.43. The lowest BCUT2D eigenvalue weighted by atomic mass is 10.2. The molecule has 1 aliphatic heterocycles. The van der Waals surface area contributed by atoms with E-state index in [0.717, 1.165) is 0 Å². The van der Waals surface area contributed by atoms with Crippen molar-refractivity contribution in [2.75, 3.05) is 20.2 Å². The largest absolute Gasteiger partial charge is 0.486 e. The molecule has 6 nitrogen and oxygen atoms in total. The Kier molecular flexibility index (Phi) is 3.51. The maximum Gasteiger partial charge on any atom is 0.276 e. The van der Waals surface area contributed by atoms with Gasteiger partial charge in [0.2, 0.25) is 0 Å². The summed E-state index contributed by atoms with van der Waals surface area (Å²) in [4.78, 5) is 0. The van der Waals surface area contributed by atoms with Crippen molar-refractivity contribution in [3.8, 4) is 11.5 Å². The highest BCUT2D eigenvalue weighted by Crippen LogP contribution is 2.30. The minimum atomic E-state index is -3.43. The molecular formula is C10H14N2O4S. The van der Waals surface area contributed by atoms with Crippen molar-refractivity contribution in [1.29, 1.82) is 0 Å². The second-order valence-corrected chi connectivity index (χ2v) is 5.26. The zero-order valence-electron chi connectivity index (χ0n) is 9.34. The maximum absolute atomic E-state index is 11.2. The summed E-state index contributed by atoms with van der Waals surface area (Å²) in [5.41, 5.74) is 0. The van der Waals surface area contributed by atoms with Crippen LogP contribution in [0.4, 0.5) is 0 Å². The SMILES string of the molecule is CNS(=O)(=O)NCC1COc2ccccc2O1. The van der Waals surface area contributed by atoms with E-state index in [-0.39, 0.29) is 12.6 Å². The molecule has 7 heteroatoms. The van der Waals surface area contributed by atoms with Gasteiger partial charge < -0.3 is 9.47 Å². The second-order valence-electron chi connectivity index (χ2n) is 3.55. The van der Waals surface area contributed by atoms with Crippen LogP contribution in [0, 0.1) is 0 Å².